The molecule has 0 radical (unpaired) electrons. The third-order valence-corrected chi connectivity index (χ3v) is 8.65. The number of anilines is 1. The van der Waals surface area contributed by atoms with Crippen LogP contribution in [0.4, 0.5) is 10.1 Å². The van der Waals surface area contributed by atoms with Crippen LogP contribution in [0.3, 0.4) is 0 Å². The van der Waals surface area contributed by atoms with Crippen LogP contribution in [-0.4, -0.2) is 65.2 Å². The SMILES string of the molecule is CN=Cc1c(N)ccc2c1C1(CCCc3c(-c4nc(Cl)cc(O[C@@H](C)[C@@H]5C[C@@H](F)CN5C)n4)noc31)CC2. The first-order valence-electron chi connectivity index (χ1n) is 13.2. The quantitative estimate of drug-likeness (QED) is 0.283. The zero-order valence-electron chi connectivity index (χ0n) is 21.9. The molecule has 1 fully saturated rings. The van der Waals surface area contributed by atoms with Gasteiger partial charge in [-0.3, -0.25) is 9.89 Å². The summed E-state index contributed by atoms with van der Waals surface area (Å²) < 4.78 is 26.2. The number of nitrogen functional groups attached to an aromatic ring is 1. The molecule has 1 aliphatic heterocycles. The summed E-state index contributed by atoms with van der Waals surface area (Å²) in [6, 6.07) is 5.63. The molecule has 38 heavy (non-hydrogen) atoms. The Morgan fingerprint density at radius 2 is 2.16 bits per heavy atom. The number of aromatic nitrogens is 3. The maximum Gasteiger partial charge on any atom is 0.218 e. The zero-order chi connectivity index (χ0) is 26.6. The van der Waals surface area contributed by atoms with Crippen molar-refractivity contribution in [2.45, 2.75) is 69.2 Å². The van der Waals surface area contributed by atoms with Crippen LogP contribution >= 0.6 is 11.6 Å². The fourth-order valence-electron chi connectivity index (χ4n) is 6.79. The molecule has 1 aromatic carbocycles. The Morgan fingerprint density at radius 3 is 2.92 bits per heavy atom. The second-order valence-corrected chi connectivity index (χ2v) is 11.2. The van der Waals surface area contributed by atoms with Gasteiger partial charge in [-0.1, -0.05) is 22.8 Å². The molecule has 3 aliphatic rings. The molecule has 1 unspecified atom stereocenters. The van der Waals surface area contributed by atoms with Gasteiger partial charge in [0.2, 0.25) is 5.88 Å². The van der Waals surface area contributed by atoms with Gasteiger partial charge in [-0.25, -0.2) is 9.37 Å². The van der Waals surface area contributed by atoms with Crippen molar-refractivity contribution in [2.24, 2.45) is 4.99 Å². The van der Waals surface area contributed by atoms with Crippen molar-refractivity contribution < 1.29 is 13.7 Å². The minimum absolute atomic E-state index is 0.0439. The van der Waals surface area contributed by atoms with E-state index in [0.717, 1.165) is 49.0 Å². The van der Waals surface area contributed by atoms with Gasteiger partial charge in [0.05, 0.1) is 5.41 Å². The van der Waals surface area contributed by atoms with Crippen molar-refractivity contribution in [3.63, 3.8) is 0 Å². The van der Waals surface area contributed by atoms with Gasteiger partial charge in [0.15, 0.2) is 17.3 Å². The van der Waals surface area contributed by atoms with Crippen molar-refractivity contribution in [1.82, 2.24) is 20.0 Å². The van der Waals surface area contributed by atoms with Crippen LogP contribution < -0.4 is 10.5 Å². The summed E-state index contributed by atoms with van der Waals surface area (Å²) in [7, 11) is 3.67. The van der Waals surface area contributed by atoms with Gasteiger partial charge in [-0.2, -0.15) is 4.98 Å². The largest absolute Gasteiger partial charge is 0.473 e. The third kappa shape index (κ3) is 4.07. The smallest absolute Gasteiger partial charge is 0.218 e. The van der Waals surface area contributed by atoms with E-state index in [1.807, 2.05) is 31.2 Å². The highest BCUT2D eigenvalue weighted by Gasteiger charge is 2.49. The number of nitrogens with two attached hydrogens (primary N) is 1. The molecular formula is C28H32ClFN6O2. The number of aliphatic imine (C=N–C) groups is 1. The molecule has 3 aromatic rings. The predicted octanol–water partition coefficient (Wildman–Crippen LogP) is 4.79. The Kier molecular flexibility index (Phi) is 6.39. The first kappa shape index (κ1) is 25.2. The summed E-state index contributed by atoms with van der Waals surface area (Å²) in [4.78, 5) is 15.4. The minimum atomic E-state index is -0.852. The van der Waals surface area contributed by atoms with Gasteiger partial charge < -0.3 is 15.0 Å². The van der Waals surface area contributed by atoms with Crippen LogP contribution in [0.25, 0.3) is 11.5 Å². The number of rotatable bonds is 5. The first-order chi connectivity index (χ1) is 18.3. The molecular weight excluding hydrogens is 507 g/mol. The molecule has 10 heteroatoms. The van der Waals surface area contributed by atoms with Gasteiger partial charge in [0.1, 0.15) is 17.4 Å². The number of alkyl halides is 1. The summed E-state index contributed by atoms with van der Waals surface area (Å²) in [5, 5.41) is 4.73. The molecule has 4 atom stereocenters. The van der Waals surface area contributed by atoms with Crippen molar-refractivity contribution in [1.29, 1.82) is 0 Å². The average molecular weight is 539 g/mol. The van der Waals surface area contributed by atoms with E-state index in [1.54, 1.807) is 13.1 Å². The zero-order valence-corrected chi connectivity index (χ0v) is 22.6. The molecule has 2 aliphatic carbocycles. The van der Waals surface area contributed by atoms with Crippen LogP contribution in [-0.2, 0) is 18.3 Å². The summed E-state index contributed by atoms with van der Waals surface area (Å²) in [5.74, 6) is 1.56. The normalized spacial score (nSPS) is 25.7. The number of likely N-dealkylation sites (N-methyl/N-ethyl adjacent to an activating group) is 1. The second-order valence-electron chi connectivity index (χ2n) is 10.8. The number of hydrogen-bond acceptors (Lipinski definition) is 8. The maximum atomic E-state index is 13.9. The van der Waals surface area contributed by atoms with Gasteiger partial charge >= 0.3 is 0 Å². The predicted molar refractivity (Wildman–Crippen MR) is 145 cm³/mol. The number of fused-ring (bicyclic) bond motifs is 4. The molecule has 8 nitrogen and oxygen atoms in total. The lowest BCUT2D eigenvalue weighted by Crippen LogP contribution is -2.38. The Hall–Kier alpha value is -3.04. The van der Waals surface area contributed by atoms with Gasteiger partial charge in [-0.15, -0.1) is 0 Å². The van der Waals surface area contributed by atoms with Crippen LogP contribution in [0.15, 0.2) is 27.7 Å². The van der Waals surface area contributed by atoms with Gasteiger partial charge in [0.25, 0.3) is 0 Å². The number of aryl methyl sites for hydroxylation is 1. The molecule has 0 amide bonds. The van der Waals surface area contributed by atoms with Crippen LogP contribution in [0.1, 0.15) is 60.6 Å². The fraction of sp³-hybridized carbons (Fsp3) is 0.500. The standard InChI is InChI=1S/C28H32ClFN6O2/c1-15(21-11-17(30)14-36(21)3)37-23-12-22(29)33-27(34-23)25-18-5-4-9-28(26(18)38-35-25)10-8-16-6-7-20(31)19(13-32-2)24(16)28/h6-7,12-13,15,17,21H,4-5,8-11,14,31H2,1-3H3/t15-,17+,21-,28?/m0/s1. The monoisotopic (exact) mass is 538 g/mol. The summed E-state index contributed by atoms with van der Waals surface area (Å²) in [6.45, 7) is 2.33. The molecule has 200 valence electrons. The van der Waals surface area contributed by atoms with E-state index in [-0.39, 0.29) is 22.7 Å². The lowest BCUT2D eigenvalue weighted by molar-refractivity contribution is 0.117. The van der Waals surface area contributed by atoms with E-state index >= 15 is 0 Å². The molecule has 2 N–H and O–H groups in total. The third-order valence-electron chi connectivity index (χ3n) is 8.46. The topological polar surface area (TPSA) is 103 Å². The Morgan fingerprint density at radius 1 is 1.32 bits per heavy atom. The van der Waals surface area contributed by atoms with E-state index in [2.05, 4.69) is 26.2 Å². The van der Waals surface area contributed by atoms with E-state index in [1.165, 1.54) is 11.1 Å². The number of nitrogens with zero attached hydrogens (tertiary/aromatic N) is 5. The molecule has 1 spiro atoms. The molecule has 1 saturated heterocycles. The van der Waals surface area contributed by atoms with Crippen molar-refractivity contribution in [2.75, 3.05) is 26.4 Å². The molecule has 0 bridgehead atoms. The highest BCUT2D eigenvalue weighted by atomic mass is 35.5. The lowest BCUT2D eigenvalue weighted by Gasteiger charge is -2.33. The van der Waals surface area contributed by atoms with Crippen LogP contribution in [0, 0.1) is 0 Å². The van der Waals surface area contributed by atoms with E-state index in [4.69, 9.17) is 26.6 Å². The highest BCUT2D eigenvalue weighted by Crippen LogP contribution is 2.54. The van der Waals surface area contributed by atoms with Gasteiger partial charge in [-0.05, 0) is 69.7 Å². The van der Waals surface area contributed by atoms with E-state index in [0.29, 0.717) is 36.1 Å². The number of ether oxygens (including phenoxy) is 1. The molecule has 3 heterocycles. The number of likely N-dealkylation sites (tertiary alicyclic amines) is 1. The van der Waals surface area contributed by atoms with Crippen molar-refractivity contribution in [3.05, 3.63) is 51.4 Å². The summed E-state index contributed by atoms with van der Waals surface area (Å²) in [6.07, 6.45) is 5.74. The van der Waals surface area contributed by atoms with Gasteiger partial charge in [0, 0.05) is 48.7 Å². The fourth-order valence-corrected chi connectivity index (χ4v) is 6.97. The summed E-state index contributed by atoms with van der Waals surface area (Å²) in [5.41, 5.74) is 11.8. The lowest BCUT2D eigenvalue weighted by atomic mass is 9.68. The molecule has 2 aromatic heterocycles. The highest BCUT2D eigenvalue weighted by molar-refractivity contribution is 6.29. The number of hydrogen-bond donors (Lipinski definition) is 1. The molecule has 0 saturated carbocycles. The first-order valence-corrected chi connectivity index (χ1v) is 13.6. The summed E-state index contributed by atoms with van der Waals surface area (Å²) >= 11 is 6.42. The van der Waals surface area contributed by atoms with E-state index < -0.39 is 6.17 Å². The van der Waals surface area contributed by atoms with Crippen LogP contribution in [0.2, 0.25) is 5.15 Å². The van der Waals surface area contributed by atoms with E-state index in [9.17, 15) is 4.39 Å². The Labute approximate surface area is 226 Å². The number of benzene rings is 1. The number of halogens is 2. The maximum absolute atomic E-state index is 13.9. The second kappa shape index (κ2) is 9.61. The minimum Gasteiger partial charge on any atom is -0.473 e. The Bertz CT molecular complexity index is 1410. The average Bonchev–Trinajstić information content (AvgIpc) is 3.57. The Balaban J connectivity index is 1.37. The van der Waals surface area contributed by atoms with Crippen molar-refractivity contribution in [3.8, 4) is 17.4 Å². The van der Waals surface area contributed by atoms with Crippen molar-refractivity contribution >= 4 is 23.5 Å². The molecule has 6 rings (SSSR count). The van der Waals surface area contributed by atoms with Crippen LogP contribution in [0.5, 0.6) is 5.88 Å².